The first-order chi connectivity index (χ1) is 9.69. The normalized spacial score (nSPS) is 26.4. The Kier molecular flexibility index (Phi) is 5.11. The number of esters is 1. The van der Waals surface area contributed by atoms with Gasteiger partial charge in [0.2, 0.25) is 0 Å². The molecule has 0 saturated carbocycles. The van der Waals surface area contributed by atoms with Gasteiger partial charge in [-0.3, -0.25) is 4.79 Å². The summed E-state index contributed by atoms with van der Waals surface area (Å²) in [6, 6.07) is 0. The molecule has 3 heterocycles. The quantitative estimate of drug-likeness (QED) is 0.604. The topological polar surface area (TPSA) is 80.0 Å². The van der Waals surface area contributed by atoms with Crippen molar-refractivity contribution in [3.05, 3.63) is 35.0 Å². The summed E-state index contributed by atoms with van der Waals surface area (Å²) in [5.41, 5.74) is 8.60. The van der Waals surface area contributed by atoms with Crippen molar-refractivity contribution in [3.63, 3.8) is 0 Å². The molecule has 2 atom stereocenters. The highest BCUT2D eigenvalue weighted by Crippen LogP contribution is 2.36. The van der Waals surface area contributed by atoms with Crippen LogP contribution in [0.25, 0.3) is 0 Å². The van der Waals surface area contributed by atoms with Crippen molar-refractivity contribution in [2.24, 2.45) is 5.73 Å². The first-order valence-electron chi connectivity index (χ1n) is 6.56. The minimum Gasteiger partial charge on any atom is -0.497 e. The van der Waals surface area contributed by atoms with Crippen LogP contribution in [0.5, 0.6) is 0 Å². The highest BCUT2D eigenvalue weighted by Gasteiger charge is 2.45. The van der Waals surface area contributed by atoms with E-state index < -0.39 is 7.12 Å². The lowest BCUT2D eigenvalue weighted by Crippen LogP contribution is -2.37. The summed E-state index contributed by atoms with van der Waals surface area (Å²) in [4.78, 5) is 11.0. The summed E-state index contributed by atoms with van der Waals surface area (Å²) in [6.45, 7) is 2.33. The predicted molar refractivity (Wildman–Crippen MR) is 78.6 cm³/mol. The second-order valence-electron chi connectivity index (χ2n) is 4.84. The van der Waals surface area contributed by atoms with Crippen molar-refractivity contribution >= 4 is 25.5 Å². The number of nitrogens with two attached hydrogens (primary N) is 1. The third-order valence-corrected chi connectivity index (χ3v) is 3.49. The largest absolute Gasteiger partial charge is 0.497 e. The van der Waals surface area contributed by atoms with Gasteiger partial charge < -0.3 is 24.5 Å². The van der Waals surface area contributed by atoms with Crippen LogP contribution in [0.2, 0.25) is 0 Å². The lowest BCUT2D eigenvalue weighted by atomic mass is 9.70. The molecule has 0 aromatic carbocycles. The van der Waals surface area contributed by atoms with Gasteiger partial charge in [-0.1, -0.05) is 0 Å². The maximum Gasteiger partial charge on any atom is 0.495 e. The van der Waals surface area contributed by atoms with E-state index in [9.17, 15) is 4.79 Å². The molecular formula is C13H17BClNO5. The van der Waals surface area contributed by atoms with Gasteiger partial charge in [0.25, 0.3) is 0 Å². The molecule has 2 N–H and O–H groups in total. The molecule has 0 saturated heterocycles. The molecule has 3 rings (SSSR count). The summed E-state index contributed by atoms with van der Waals surface area (Å²) in [5.74, 6) is -0.335. The Morgan fingerprint density at radius 1 is 1.52 bits per heavy atom. The summed E-state index contributed by atoms with van der Waals surface area (Å²) in [5, 5.41) is 0. The molecule has 0 aromatic rings. The summed E-state index contributed by atoms with van der Waals surface area (Å²) < 4.78 is 22.1. The Morgan fingerprint density at radius 3 is 3.05 bits per heavy atom. The fourth-order valence-corrected chi connectivity index (χ4v) is 2.57. The van der Waals surface area contributed by atoms with Gasteiger partial charge in [-0.05, 0) is 28.8 Å². The highest BCUT2D eigenvalue weighted by molar-refractivity contribution is 6.57. The summed E-state index contributed by atoms with van der Waals surface area (Å²) >= 11 is 0. The van der Waals surface area contributed by atoms with Crippen LogP contribution in [0.4, 0.5) is 0 Å². The van der Waals surface area contributed by atoms with Gasteiger partial charge in [0.05, 0.1) is 12.4 Å². The van der Waals surface area contributed by atoms with E-state index in [1.165, 1.54) is 6.92 Å². The molecule has 0 aliphatic carbocycles. The summed E-state index contributed by atoms with van der Waals surface area (Å²) in [6.07, 6.45) is 4.99. The van der Waals surface area contributed by atoms with E-state index in [0.717, 1.165) is 16.6 Å². The van der Waals surface area contributed by atoms with Crippen LogP contribution in [0.1, 0.15) is 6.92 Å². The lowest BCUT2D eigenvalue weighted by Gasteiger charge is -2.24. The molecule has 114 valence electrons. The number of hydrogen-bond donors (Lipinski definition) is 1. The molecule has 0 bridgehead atoms. The van der Waals surface area contributed by atoms with Crippen LogP contribution in [0.3, 0.4) is 0 Å². The lowest BCUT2D eigenvalue weighted by molar-refractivity contribution is -0.143. The maximum absolute atomic E-state index is 11.0. The zero-order valence-electron chi connectivity index (χ0n) is 11.6. The average molecular weight is 314 g/mol. The zero-order valence-corrected chi connectivity index (χ0v) is 12.4. The van der Waals surface area contributed by atoms with Crippen LogP contribution in [0, 0.1) is 0 Å². The fourth-order valence-electron chi connectivity index (χ4n) is 2.57. The number of ether oxygens (including phenoxy) is 2. The second-order valence-corrected chi connectivity index (χ2v) is 4.84. The number of carbonyl (C=O) groups is 1. The first-order valence-corrected chi connectivity index (χ1v) is 6.56. The van der Waals surface area contributed by atoms with Gasteiger partial charge >= 0.3 is 13.1 Å². The van der Waals surface area contributed by atoms with Gasteiger partial charge in [0, 0.05) is 13.5 Å². The Morgan fingerprint density at radius 2 is 2.33 bits per heavy atom. The molecular weight excluding hydrogens is 296 g/mol. The van der Waals surface area contributed by atoms with Crippen molar-refractivity contribution in [3.8, 4) is 0 Å². The number of rotatable bonds is 3. The molecule has 0 fully saturated rings. The maximum atomic E-state index is 11.0. The smallest absolute Gasteiger partial charge is 0.495 e. The van der Waals surface area contributed by atoms with Crippen LogP contribution in [-0.4, -0.2) is 45.1 Å². The van der Waals surface area contributed by atoms with Crippen LogP contribution in [0.15, 0.2) is 35.0 Å². The molecule has 0 amide bonds. The first kappa shape index (κ1) is 16.1. The Bertz CT molecular complexity index is 519. The molecule has 21 heavy (non-hydrogen) atoms. The second kappa shape index (κ2) is 6.66. The Hall–Kier alpha value is -1.28. The Balaban J connectivity index is 0.00000161. The van der Waals surface area contributed by atoms with E-state index in [0.29, 0.717) is 13.2 Å². The zero-order chi connectivity index (χ0) is 14.1. The third-order valence-electron chi connectivity index (χ3n) is 3.49. The molecule has 3 aliphatic rings. The fraction of sp³-hybridized carbons (Fsp3) is 0.462. The van der Waals surface area contributed by atoms with E-state index in [1.807, 2.05) is 12.2 Å². The standard InChI is InChI=1S/C13H16BNO5.ClH/c1-8(16)18-7-12-11-6-17-3-2-9-4-10(5-15)19-14(20-12)13(9)11;/h2-4,10,12H,5-7,15H2,1H3;1H/t10?,12-;/m1./s1. The van der Waals surface area contributed by atoms with Gasteiger partial charge in [0.1, 0.15) is 19.3 Å². The van der Waals surface area contributed by atoms with Crippen molar-refractivity contribution in [1.29, 1.82) is 0 Å². The number of carbonyl (C=O) groups excluding carboxylic acids is 1. The average Bonchev–Trinajstić information content (AvgIpc) is 2.63. The highest BCUT2D eigenvalue weighted by atomic mass is 35.5. The molecule has 8 heteroatoms. The van der Waals surface area contributed by atoms with Crippen molar-refractivity contribution in [2.75, 3.05) is 19.8 Å². The molecule has 6 nitrogen and oxygen atoms in total. The minimum atomic E-state index is -0.467. The van der Waals surface area contributed by atoms with E-state index in [4.69, 9.17) is 24.5 Å². The molecule has 0 aromatic heterocycles. The minimum absolute atomic E-state index is 0. The summed E-state index contributed by atoms with van der Waals surface area (Å²) in [7, 11) is -0.467. The molecule has 1 unspecified atom stereocenters. The van der Waals surface area contributed by atoms with E-state index >= 15 is 0 Å². The van der Waals surface area contributed by atoms with Crippen molar-refractivity contribution in [1.82, 2.24) is 0 Å². The van der Waals surface area contributed by atoms with Crippen LogP contribution in [-0.2, 0) is 23.6 Å². The van der Waals surface area contributed by atoms with Gasteiger partial charge in [-0.2, -0.15) is 0 Å². The van der Waals surface area contributed by atoms with Gasteiger partial charge in [0.15, 0.2) is 0 Å². The number of hydrogen-bond acceptors (Lipinski definition) is 6. The van der Waals surface area contributed by atoms with Gasteiger partial charge in [-0.25, -0.2) is 0 Å². The van der Waals surface area contributed by atoms with E-state index in [1.54, 1.807) is 6.26 Å². The molecule has 3 aliphatic heterocycles. The van der Waals surface area contributed by atoms with Crippen LogP contribution >= 0.6 is 12.4 Å². The van der Waals surface area contributed by atoms with E-state index in [2.05, 4.69) is 0 Å². The molecule has 0 radical (unpaired) electrons. The SMILES string of the molecule is CC(=O)OC[C@H]1OB2OC(CN)C=C3C=COCC1=C23.Cl. The van der Waals surface area contributed by atoms with Gasteiger partial charge in [-0.15, -0.1) is 12.4 Å². The van der Waals surface area contributed by atoms with Crippen LogP contribution < -0.4 is 5.73 Å². The van der Waals surface area contributed by atoms with Crippen molar-refractivity contribution in [2.45, 2.75) is 19.1 Å². The molecule has 0 spiro atoms. The Labute approximate surface area is 129 Å². The third kappa shape index (κ3) is 3.16. The van der Waals surface area contributed by atoms with Crippen molar-refractivity contribution < 1.29 is 23.6 Å². The number of halogens is 1. The number of allylic oxidation sites excluding steroid dienone is 3. The monoisotopic (exact) mass is 313 g/mol. The van der Waals surface area contributed by atoms with E-state index in [-0.39, 0.29) is 37.2 Å². The predicted octanol–water partition coefficient (Wildman–Crippen LogP) is 0.522.